The first-order valence-electron chi connectivity index (χ1n) is 6.43. The van der Waals surface area contributed by atoms with E-state index >= 15 is 0 Å². The van der Waals surface area contributed by atoms with Crippen LogP contribution in [0.5, 0.6) is 0 Å². The van der Waals surface area contributed by atoms with Crippen LogP contribution < -0.4 is 10.6 Å². The first-order valence-corrected chi connectivity index (χ1v) is 7.66. The topological polar surface area (TPSA) is 57.3 Å². The highest BCUT2D eigenvalue weighted by Crippen LogP contribution is 2.16. The SMILES string of the molecule is CSc1cc(NC(=O)NC2CCN(C)CC2)ccn1. The van der Waals surface area contributed by atoms with Crippen LogP contribution in [-0.4, -0.2) is 48.3 Å². The lowest BCUT2D eigenvalue weighted by Crippen LogP contribution is -2.44. The molecule has 2 rings (SSSR count). The summed E-state index contributed by atoms with van der Waals surface area (Å²) in [5.74, 6) is 0. The molecule has 1 aliphatic rings. The lowest BCUT2D eigenvalue weighted by molar-refractivity contribution is 0.221. The van der Waals surface area contributed by atoms with E-state index < -0.39 is 0 Å². The summed E-state index contributed by atoms with van der Waals surface area (Å²) in [5, 5.41) is 6.78. The summed E-state index contributed by atoms with van der Waals surface area (Å²) in [4.78, 5) is 18.4. The second-order valence-electron chi connectivity index (χ2n) is 4.76. The van der Waals surface area contributed by atoms with Gasteiger partial charge < -0.3 is 15.5 Å². The molecule has 1 aromatic rings. The van der Waals surface area contributed by atoms with Crippen molar-refractivity contribution >= 4 is 23.5 Å². The van der Waals surface area contributed by atoms with Crippen LogP contribution in [0.3, 0.4) is 0 Å². The van der Waals surface area contributed by atoms with Gasteiger partial charge in [0.1, 0.15) is 0 Å². The molecule has 0 spiro atoms. The van der Waals surface area contributed by atoms with Crippen LogP contribution in [0.25, 0.3) is 0 Å². The summed E-state index contributed by atoms with van der Waals surface area (Å²) in [6.07, 6.45) is 5.69. The Labute approximate surface area is 118 Å². The highest BCUT2D eigenvalue weighted by molar-refractivity contribution is 7.98. The Morgan fingerprint density at radius 3 is 2.89 bits per heavy atom. The molecule has 0 atom stereocenters. The zero-order valence-corrected chi connectivity index (χ0v) is 12.2. The van der Waals surface area contributed by atoms with Crippen LogP contribution in [0.15, 0.2) is 23.4 Å². The van der Waals surface area contributed by atoms with Gasteiger partial charge in [-0.05, 0) is 51.4 Å². The fourth-order valence-electron chi connectivity index (χ4n) is 2.10. The lowest BCUT2D eigenvalue weighted by Gasteiger charge is -2.29. The highest BCUT2D eigenvalue weighted by Gasteiger charge is 2.18. The van der Waals surface area contributed by atoms with Gasteiger partial charge in [-0.1, -0.05) is 0 Å². The van der Waals surface area contributed by atoms with E-state index in [0.29, 0.717) is 0 Å². The molecule has 0 unspecified atom stereocenters. The third-order valence-electron chi connectivity index (χ3n) is 3.26. The molecule has 1 aliphatic heterocycles. The number of hydrogen-bond donors (Lipinski definition) is 2. The van der Waals surface area contributed by atoms with Gasteiger partial charge in [-0.2, -0.15) is 0 Å². The van der Waals surface area contributed by atoms with Gasteiger partial charge in [0.25, 0.3) is 0 Å². The third-order valence-corrected chi connectivity index (χ3v) is 3.90. The Kier molecular flexibility index (Phi) is 5.04. The molecule has 1 fully saturated rings. The zero-order valence-electron chi connectivity index (χ0n) is 11.3. The molecule has 0 aromatic carbocycles. The predicted molar refractivity (Wildman–Crippen MR) is 78.7 cm³/mol. The van der Waals surface area contributed by atoms with Gasteiger partial charge in [-0.3, -0.25) is 0 Å². The van der Waals surface area contributed by atoms with Crippen LogP contribution in [0.2, 0.25) is 0 Å². The molecule has 1 saturated heterocycles. The fraction of sp³-hybridized carbons (Fsp3) is 0.538. The van der Waals surface area contributed by atoms with Gasteiger partial charge in [0.15, 0.2) is 0 Å². The Morgan fingerprint density at radius 2 is 2.21 bits per heavy atom. The number of nitrogens with one attached hydrogen (secondary N) is 2. The number of anilines is 1. The van der Waals surface area contributed by atoms with Crippen LogP contribution in [0.4, 0.5) is 10.5 Å². The summed E-state index contributed by atoms with van der Waals surface area (Å²) in [5.41, 5.74) is 0.782. The van der Waals surface area contributed by atoms with Gasteiger partial charge in [-0.15, -0.1) is 11.8 Å². The Balaban J connectivity index is 1.83. The highest BCUT2D eigenvalue weighted by atomic mass is 32.2. The van der Waals surface area contributed by atoms with E-state index in [1.807, 2.05) is 12.3 Å². The standard InChI is InChI=1S/C13H20N4OS/c1-17-7-4-10(5-8-17)15-13(18)16-11-3-6-14-12(9-11)19-2/h3,6,9-10H,4-5,7-8H2,1-2H3,(H2,14,15,16,18). The molecule has 6 heteroatoms. The minimum Gasteiger partial charge on any atom is -0.335 e. The summed E-state index contributed by atoms with van der Waals surface area (Å²) >= 11 is 1.56. The number of amides is 2. The number of piperidine rings is 1. The van der Waals surface area contributed by atoms with Crippen molar-refractivity contribution in [2.75, 3.05) is 31.7 Å². The number of nitrogens with zero attached hydrogens (tertiary/aromatic N) is 2. The normalized spacial score (nSPS) is 17.2. The molecule has 0 aliphatic carbocycles. The molecule has 0 radical (unpaired) electrons. The molecule has 2 N–H and O–H groups in total. The van der Waals surface area contributed by atoms with E-state index in [4.69, 9.17) is 0 Å². The number of carbonyl (C=O) groups excluding carboxylic acids is 1. The van der Waals surface area contributed by atoms with E-state index in [0.717, 1.165) is 36.6 Å². The first-order chi connectivity index (χ1) is 9.17. The Hall–Kier alpha value is -1.27. The number of pyridine rings is 1. The van der Waals surface area contributed by atoms with E-state index in [1.165, 1.54) is 0 Å². The van der Waals surface area contributed by atoms with E-state index in [9.17, 15) is 4.79 Å². The third kappa shape index (κ3) is 4.40. The maximum atomic E-state index is 11.9. The minimum atomic E-state index is -0.132. The molecule has 1 aromatic heterocycles. The number of aromatic nitrogens is 1. The Bertz CT molecular complexity index is 432. The number of rotatable bonds is 3. The summed E-state index contributed by atoms with van der Waals surface area (Å²) in [6.45, 7) is 2.08. The minimum absolute atomic E-state index is 0.132. The molecule has 2 amide bonds. The second kappa shape index (κ2) is 6.77. The number of urea groups is 1. The maximum Gasteiger partial charge on any atom is 0.319 e. The Morgan fingerprint density at radius 1 is 1.47 bits per heavy atom. The lowest BCUT2D eigenvalue weighted by atomic mass is 10.1. The van der Waals surface area contributed by atoms with Crippen molar-refractivity contribution < 1.29 is 4.79 Å². The molecule has 19 heavy (non-hydrogen) atoms. The van der Waals surface area contributed by atoms with Crippen LogP contribution >= 0.6 is 11.8 Å². The van der Waals surface area contributed by atoms with Gasteiger partial charge in [-0.25, -0.2) is 9.78 Å². The van der Waals surface area contributed by atoms with E-state index in [1.54, 1.807) is 24.0 Å². The average molecular weight is 280 g/mol. The van der Waals surface area contributed by atoms with Crippen molar-refractivity contribution in [3.8, 4) is 0 Å². The van der Waals surface area contributed by atoms with E-state index in [-0.39, 0.29) is 12.1 Å². The van der Waals surface area contributed by atoms with Crippen LogP contribution in [-0.2, 0) is 0 Å². The predicted octanol–water partition coefficient (Wildman–Crippen LogP) is 2.02. The number of carbonyl (C=O) groups is 1. The van der Waals surface area contributed by atoms with Crippen molar-refractivity contribution in [2.24, 2.45) is 0 Å². The molecular weight excluding hydrogens is 260 g/mol. The summed E-state index contributed by atoms with van der Waals surface area (Å²) in [7, 11) is 2.11. The maximum absolute atomic E-state index is 11.9. The zero-order chi connectivity index (χ0) is 13.7. The van der Waals surface area contributed by atoms with Gasteiger partial charge in [0, 0.05) is 17.9 Å². The van der Waals surface area contributed by atoms with Crippen molar-refractivity contribution in [1.29, 1.82) is 0 Å². The van der Waals surface area contributed by atoms with Gasteiger partial charge >= 0.3 is 6.03 Å². The number of likely N-dealkylation sites (tertiary alicyclic amines) is 1. The molecule has 2 heterocycles. The van der Waals surface area contributed by atoms with Gasteiger partial charge in [0.2, 0.25) is 0 Å². The van der Waals surface area contributed by atoms with Crippen molar-refractivity contribution in [3.05, 3.63) is 18.3 Å². The number of thioether (sulfide) groups is 1. The summed E-state index contributed by atoms with van der Waals surface area (Å²) in [6, 6.07) is 3.82. The monoisotopic (exact) mass is 280 g/mol. The molecule has 0 bridgehead atoms. The molecule has 104 valence electrons. The molecule has 5 nitrogen and oxygen atoms in total. The quantitative estimate of drug-likeness (QED) is 0.832. The van der Waals surface area contributed by atoms with Crippen molar-refractivity contribution in [1.82, 2.24) is 15.2 Å². The smallest absolute Gasteiger partial charge is 0.319 e. The van der Waals surface area contributed by atoms with E-state index in [2.05, 4.69) is 27.6 Å². The largest absolute Gasteiger partial charge is 0.335 e. The van der Waals surface area contributed by atoms with Crippen molar-refractivity contribution in [2.45, 2.75) is 23.9 Å². The number of hydrogen-bond acceptors (Lipinski definition) is 4. The average Bonchev–Trinajstić information content (AvgIpc) is 2.41. The fourth-order valence-corrected chi connectivity index (χ4v) is 2.52. The van der Waals surface area contributed by atoms with Crippen LogP contribution in [0, 0.1) is 0 Å². The summed E-state index contributed by atoms with van der Waals surface area (Å²) < 4.78 is 0. The van der Waals surface area contributed by atoms with Crippen molar-refractivity contribution in [3.63, 3.8) is 0 Å². The first kappa shape index (κ1) is 14.1. The molecule has 0 saturated carbocycles. The second-order valence-corrected chi connectivity index (χ2v) is 5.59. The van der Waals surface area contributed by atoms with Crippen LogP contribution in [0.1, 0.15) is 12.8 Å². The van der Waals surface area contributed by atoms with Gasteiger partial charge in [0.05, 0.1) is 5.03 Å². The molecular formula is C13H20N4OS.